The van der Waals surface area contributed by atoms with E-state index in [1.54, 1.807) is 24.3 Å². The number of carbonyl (C=O) groups excluding carboxylic acids is 1. The fourth-order valence-corrected chi connectivity index (χ4v) is 6.12. The Morgan fingerprint density at radius 3 is 2.32 bits per heavy atom. The quantitative estimate of drug-likeness (QED) is 0.768. The zero-order chi connectivity index (χ0) is 19.1. The molecule has 1 aromatic heterocycles. The van der Waals surface area contributed by atoms with Crippen molar-refractivity contribution in [1.29, 1.82) is 0 Å². The first-order valence-corrected chi connectivity index (χ1v) is 10.3. The summed E-state index contributed by atoms with van der Waals surface area (Å²) in [6.45, 7) is 0.964. The Bertz CT molecular complexity index is 822. The molecule has 4 bridgehead atoms. The normalized spacial score (nSPS) is 30.4. The fraction of sp³-hybridized carbons (Fsp3) is 0.522. The van der Waals surface area contributed by atoms with Gasteiger partial charge in [-0.25, -0.2) is 4.39 Å². The minimum Gasteiger partial charge on any atom is -0.486 e. The van der Waals surface area contributed by atoms with Crippen LogP contribution < -0.4 is 10.1 Å². The van der Waals surface area contributed by atoms with Gasteiger partial charge in [0.2, 0.25) is 0 Å². The molecule has 1 amide bonds. The van der Waals surface area contributed by atoms with Gasteiger partial charge in [0.1, 0.15) is 23.9 Å². The standard InChI is InChI=1S/C23H26FNO3/c24-18-1-3-19(4-2-18)27-13-20-5-6-21(28-20)22(26)25-14-23-10-15-7-16(11-23)9-17(8-15)12-23/h1-6,15-17H,7-14H2,(H,25,26). The van der Waals surface area contributed by atoms with Crippen LogP contribution in [-0.2, 0) is 6.61 Å². The molecule has 0 spiro atoms. The number of benzene rings is 1. The van der Waals surface area contributed by atoms with Crippen molar-refractivity contribution in [3.63, 3.8) is 0 Å². The molecule has 0 radical (unpaired) electrons. The van der Waals surface area contributed by atoms with Crippen molar-refractivity contribution in [3.8, 4) is 5.75 Å². The Kier molecular flexibility index (Phi) is 4.41. The third-order valence-electron chi connectivity index (χ3n) is 6.87. The van der Waals surface area contributed by atoms with E-state index in [0.717, 1.165) is 24.3 Å². The molecule has 28 heavy (non-hydrogen) atoms. The van der Waals surface area contributed by atoms with Crippen molar-refractivity contribution in [2.24, 2.45) is 23.2 Å². The van der Waals surface area contributed by atoms with E-state index < -0.39 is 0 Å². The smallest absolute Gasteiger partial charge is 0.287 e. The predicted octanol–water partition coefficient (Wildman–Crippen LogP) is 4.94. The van der Waals surface area contributed by atoms with Gasteiger partial charge in [-0.15, -0.1) is 0 Å². The summed E-state index contributed by atoms with van der Waals surface area (Å²) in [5.74, 6) is 3.63. The summed E-state index contributed by atoms with van der Waals surface area (Å²) in [5.41, 5.74) is 0.311. The SMILES string of the molecule is O=C(NCC12CC3CC(CC(C3)C1)C2)c1ccc(COc2ccc(F)cc2)o1. The Morgan fingerprint density at radius 2 is 1.68 bits per heavy atom. The van der Waals surface area contributed by atoms with Crippen molar-refractivity contribution in [2.45, 2.75) is 45.1 Å². The molecule has 6 rings (SSSR count). The van der Waals surface area contributed by atoms with E-state index in [1.165, 1.54) is 50.7 Å². The molecule has 2 aromatic rings. The van der Waals surface area contributed by atoms with Crippen LogP contribution in [0.5, 0.6) is 5.75 Å². The second-order valence-corrected chi connectivity index (χ2v) is 9.11. The Labute approximate surface area is 164 Å². The summed E-state index contributed by atoms with van der Waals surface area (Å²) in [5, 5.41) is 3.13. The Morgan fingerprint density at radius 1 is 1.04 bits per heavy atom. The van der Waals surface area contributed by atoms with E-state index in [9.17, 15) is 9.18 Å². The molecule has 4 fully saturated rings. The van der Waals surface area contributed by atoms with Crippen LogP contribution in [0, 0.1) is 29.0 Å². The molecule has 5 heteroatoms. The zero-order valence-corrected chi connectivity index (χ0v) is 16.0. The van der Waals surface area contributed by atoms with E-state index >= 15 is 0 Å². The van der Waals surface area contributed by atoms with Crippen molar-refractivity contribution in [3.05, 3.63) is 53.7 Å². The maximum absolute atomic E-state index is 12.9. The average Bonchev–Trinajstić information content (AvgIpc) is 3.14. The first-order valence-electron chi connectivity index (χ1n) is 10.3. The molecular formula is C23H26FNO3. The lowest BCUT2D eigenvalue weighted by atomic mass is 9.49. The number of rotatable bonds is 6. The molecule has 1 N–H and O–H groups in total. The lowest BCUT2D eigenvalue weighted by Crippen LogP contribution is -2.51. The highest BCUT2D eigenvalue weighted by molar-refractivity contribution is 5.91. The molecule has 4 saturated carbocycles. The lowest BCUT2D eigenvalue weighted by Gasteiger charge is -2.56. The minimum absolute atomic E-state index is 0.149. The van der Waals surface area contributed by atoms with Gasteiger partial charge in [0, 0.05) is 6.54 Å². The highest BCUT2D eigenvalue weighted by Gasteiger charge is 2.50. The zero-order valence-electron chi connectivity index (χ0n) is 16.0. The van der Waals surface area contributed by atoms with Gasteiger partial charge >= 0.3 is 0 Å². The van der Waals surface area contributed by atoms with Crippen LogP contribution in [0.4, 0.5) is 4.39 Å². The van der Waals surface area contributed by atoms with Crippen molar-refractivity contribution >= 4 is 5.91 Å². The average molecular weight is 383 g/mol. The highest BCUT2D eigenvalue weighted by atomic mass is 19.1. The van der Waals surface area contributed by atoms with Gasteiger partial charge in [-0.3, -0.25) is 4.79 Å². The number of hydrogen-bond donors (Lipinski definition) is 1. The maximum atomic E-state index is 12.9. The topological polar surface area (TPSA) is 51.5 Å². The molecule has 0 saturated heterocycles. The van der Waals surface area contributed by atoms with E-state index in [1.807, 2.05) is 0 Å². The third kappa shape index (κ3) is 3.54. The monoisotopic (exact) mass is 383 g/mol. The van der Waals surface area contributed by atoms with E-state index in [2.05, 4.69) is 5.32 Å². The third-order valence-corrected chi connectivity index (χ3v) is 6.87. The molecule has 0 unspecified atom stereocenters. The largest absolute Gasteiger partial charge is 0.486 e. The van der Waals surface area contributed by atoms with Gasteiger partial charge in [0.25, 0.3) is 5.91 Å². The summed E-state index contributed by atoms with van der Waals surface area (Å²) in [7, 11) is 0. The van der Waals surface area contributed by atoms with Gasteiger partial charge in [0.15, 0.2) is 5.76 Å². The van der Waals surface area contributed by atoms with Gasteiger partial charge in [-0.2, -0.15) is 0 Å². The minimum atomic E-state index is -0.302. The first-order chi connectivity index (χ1) is 13.6. The molecule has 4 nitrogen and oxygen atoms in total. The number of ether oxygens (including phenoxy) is 1. The predicted molar refractivity (Wildman–Crippen MR) is 102 cm³/mol. The molecule has 4 aliphatic carbocycles. The number of carbonyl (C=O) groups is 1. The number of hydrogen-bond acceptors (Lipinski definition) is 3. The fourth-order valence-electron chi connectivity index (χ4n) is 6.12. The Hall–Kier alpha value is -2.30. The summed E-state index contributed by atoms with van der Waals surface area (Å²) >= 11 is 0. The molecule has 0 aliphatic heterocycles. The highest BCUT2D eigenvalue weighted by Crippen LogP contribution is 2.59. The van der Waals surface area contributed by atoms with Crippen LogP contribution in [0.25, 0.3) is 0 Å². The molecular weight excluding hydrogens is 357 g/mol. The Balaban J connectivity index is 1.16. The first kappa shape index (κ1) is 17.8. The van der Waals surface area contributed by atoms with Crippen molar-refractivity contribution in [1.82, 2.24) is 5.32 Å². The van der Waals surface area contributed by atoms with Gasteiger partial charge in [0.05, 0.1) is 0 Å². The van der Waals surface area contributed by atoms with Gasteiger partial charge < -0.3 is 14.5 Å². The molecule has 1 heterocycles. The molecule has 1 aromatic carbocycles. The van der Waals surface area contributed by atoms with Gasteiger partial charge in [-0.1, -0.05) is 0 Å². The number of amides is 1. The second-order valence-electron chi connectivity index (χ2n) is 9.11. The molecule has 148 valence electrons. The van der Waals surface area contributed by atoms with Crippen LogP contribution in [0.3, 0.4) is 0 Å². The molecule has 4 aliphatic rings. The van der Waals surface area contributed by atoms with Crippen molar-refractivity contribution < 1.29 is 18.3 Å². The lowest BCUT2D eigenvalue weighted by molar-refractivity contribution is -0.0504. The summed E-state index contributed by atoms with van der Waals surface area (Å²) in [6, 6.07) is 9.28. The summed E-state index contributed by atoms with van der Waals surface area (Å²) < 4.78 is 24.2. The number of halogens is 1. The van der Waals surface area contributed by atoms with Crippen LogP contribution in [0.1, 0.15) is 54.8 Å². The second kappa shape index (κ2) is 6.94. The van der Waals surface area contributed by atoms with Crippen LogP contribution in [0.15, 0.2) is 40.8 Å². The van der Waals surface area contributed by atoms with Crippen molar-refractivity contribution in [2.75, 3.05) is 6.54 Å². The van der Waals surface area contributed by atoms with Crippen LogP contribution in [-0.4, -0.2) is 12.5 Å². The van der Waals surface area contributed by atoms with Crippen LogP contribution >= 0.6 is 0 Å². The van der Waals surface area contributed by atoms with Gasteiger partial charge in [-0.05, 0) is 98.1 Å². The number of furan rings is 1. The molecule has 0 atom stereocenters. The number of nitrogens with one attached hydrogen (secondary N) is 1. The summed E-state index contributed by atoms with van der Waals surface area (Å²) in [6.07, 6.45) is 8.03. The van der Waals surface area contributed by atoms with Crippen LogP contribution in [0.2, 0.25) is 0 Å². The maximum Gasteiger partial charge on any atom is 0.287 e. The van der Waals surface area contributed by atoms with E-state index in [-0.39, 0.29) is 18.3 Å². The summed E-state index contributed by atoms with van der Waals surface area (Å²) in [4.78, 5) is 12.6. The van der Waals surface area contributed by atoms with E-state index in [0.29, 0.717) is 22.7 Å². The van der Waals surface area contributed by atoms with E-state index in [4.69, 9.17) is 9.15 Å².